The van der Waals surface area contributed by atoms with Gasteiger partial charge in [-0.15, -0.1) is 11.3 Å². The predicted molar refractivity (Wildman–Crippen MR) is 113 cm³/mol. The fraction of sp³-hybridized carbons (Fsp3) is 0.318. The molecule has 0 saturated heterocycles. The molecule has 0 amide bonds. The lowest BCUT2D eigenvalue weighted by Crippen LogP contribution is -2.25. The summed E-state index contributed by atoms with van der Waals surface area (Å²) in [4.78, 5) is 35.9. The maximum absolute atomic E-state index is 13.1. The Morgan fingerprint density at radius 1 is 1.29 bits per heavy atom. The topological polar surface area (TPSA) is 67.8 Å². The number of aromatic nitrogens is 3. The standard InChI is InChI=1S/C22H21N3O2S/c1-2-13-6-5-8-14-16(10-23-20(13)14)17(26)11-25-12-24-21-19(22(25)27)15-7-3-4-9-18(15)28-21/h5-6,8,10,12,23H,2-4,7,9,11H2,1H3. The molecule has 1 aliphatic carbocycles. The molecule has 0 fully saturated rings. The van der Waals surface area contributed by atoms with Crippen molar-refractivity contribution < 1.29 is 4.79 Å². The Balaban J connectivity index is 1.54. The van der Waals surface area contributed by atoms with E-state index in [2.05, 4.69) is 23.0 Å². The molecule has 142 valence electrons. The highest BCUT2D eigenvalue weighted by Crippen LogP contribution is 2.33. The van der Waals surface area contributed by atoms with Crippen LogP contribution >= 0.6 is 11.3 Å². The molecule has 5 nitrogen and oxygen atoms in total. The van der Waals surface area contributed by atoms with E-state index in [1.807, 2.05) is 12.1 Å². The number of carbonyl (C=O) groups excluding carboxylic acids is 1. The van der Waals surface area contributed by atoms with Gasteiger partial charge < -0.3 is 4.98 Å². The van der Waals surface area contributed by atoms with Crippen LogP contribution in [0.2, 0.25) is 0 Å². The first kappa shape index (κ1) is 17.4. The molecule has 0 saturated carbocycles. The molecule has 0 radical (unpaired) electrons. The first-order valence-corrected chi connectivity index (χ1v) is 10.6. The molecule has 3 heterocycles. The van der Waals surface area contributed by atoms with Crippen LogP contribution in [0.15, 0.2) is 35.5 Å². The number of nitrogens with one attached hydrogen (secondary N) is 1. The van der Waals surface area contributed by atoms with Crippen LogP contribution < -0.4 is 5.56 Å². The third-order valence-electron chi connectivity index (χ3n) is 5.74. The van der Waals surface area contributed by atoms with Gasteiger partial charge in [0, 0.05) is 27.5 Å². The molecule has 4 aromatic rings. The monoisotopic (exact) mass is 391 g/mol. The molecular weight excluding hydrogens is 370 g/mol. The van der Waals surface area contributed by atoms with E-state index in [1.54, 1.807) is 17.5 Å². The van der Waals surface area contributed by atoms with Crippen LogP contribution in [0.1, 0.15) is 46.1 Å². The number of rotatable bonds is 4. The van der Waals surface area contributed by atoms with Crippen molar-refractivity contribution in [1.29, 1.82) is 0 Å². The van der Waals surface area contributed by atoms with Gasteiger partial charge in [0.1, 0.15) is 4.83 Å². The summed E-state index contributed by atoms with van der Waals surface area (Å²) in [6.45, 7) is 2.11. The number of Topliss-reactive ketones (excluding diaryl/α,β-unsaturated/α-hetero) is 1. The molecule has 0 unspecified atom stereocenters. The lowest BCUT2D eigenvalue weighted by Gasteiger charge is -2.10. The number of hydrogen-bond acceptors (Lipinski definition) is 4. The average Bonchev–Trinajstić information content (AvgIpc) is 3.31. The smallest absolute Gasteiger partial charge is 0.262 e. The second-order valence-electron chi connectivity index (χ2n) is 7.39. The SMILES string of the molecule is CCc1cccc2c(C(=O)Cn3cnc4sc5c(c4c3=O)CCCC5)c[nH]c12. The summed E-state index contributed by atoms with van der Waals surface area (Å²) in [5.41, 5.74) is 3.88. The zero-order valence-corrected chi connectivity index (χ0v) is 16.6. The third-order valence-corrected chi connectivity index (χ3v) is 6.94. The number of hydrogen-bond donors (Lipinski definition) is 1. The number of nitrogens with zero attached hydrogens (tertiary/aromatic N) is 2. The average molecular weight is 391 g/mol. The first-order valence-electron chi connectivity index (χ1n) is 9.79. The number of para-hydroxylation sites is 1. The molecular formula is C22H21N3O2S. The van der Waals surface area contributed by atoms with Crippen LogP contribution in [0.25, 0.3) is 21.1 Å². The minimum atomic E-state index is -0.0909. The summed E-state index contributed by atoms with van der Waals surface area (Å²) in [6.07, 6.45) is 8.44. The minimum Gasteiger partial charge on any atom is -0.360 e. The number of carbonyl (C=O) groups is 1. The van der Waals surface area contributed by atoms with E-state index >= 15 is 0 Å². The number of H-pyrrole nitrogens is 1. The van der Waals surface area contributed by atoms with Gasteiger partial charge in [-0.25, -0.2) is 4.98 Å². The van der Waals surface area contributed by atoms with Gasteiger partial charge in [0.15, 0.2) is 5.78 Å². The number of aromatic amines is 1. The largest absolute Gasteiger partial charge is 0.360 e. The van der Waals surface area contributed by atoms with Gasteiger partial charge in [0.05, 0.1) is 18.3 Å². The van der Waals surface area contributed by atoms with Crippen LogP contribution in [0.4, 0.5) is 0 Å². The highest BCUT2D eigenvalue weighted by molar-refractivity contribution is 7.18. The highest BCUT2D eigenvalue weighted by Gasteiger charge is 2.21. The van der Waals surface area contributed by atoms with Crippen LogP contribution in [0.5, 0.6) is 0 Å². The van der Waals surface area contributed by atoms with E-state index in [1.165, 1.54) is 27.8 Å². The van der Waals surface area contributed by atoms with Gasteiger partial charge in [-0.05, 0) is 43.2 Å². The summed E-state index contributed by atoms with van der Waals surface area (Å²) in [5.74, 6) is -0.0770. The molecule has 5 rings (SSSR count). The van der Waals surface area contributed by atoms with E-state index in [0.717, 1.165) is 52.4 Å². The van der Waals surface area contributed by atoms with E-state index in [9.17, 15) is 9.59 Å². The van der Waals surface area contributed by atoms with E-state index in [-0.39, 0.29) is 17.9 Å². The molecule has 1 aliphatic rings. The van der Waals surface area contributed by atoms with Crippen LogP contribution in [0.3, 0.4) is 0 Å². The zero-order valence-electron chi connectivity index (χ0n) is 15.7. The van der Waals surface area contributed by atoms with Crippen molar-refractivity contribution in [3.05, 3.63) is 62.6 Å². The van der Waals surface area contributed by atoms with Gasteiger partial charge in [0.2, 0.25) is 0 Å². The van der Waals surface area contributed by atoms with E-state index in [4.69, 9.17) is 0 Å². The molecule has 0 spiro atoms. The maximum atomic E-state index is 13.1. The fourth-order valence-corrected chi connectivity index (χ4v) is 5.50. The lowest BCUT2D eigenvalue weighted by atomic mass is 9.97. The summed E-state index contributed by atoms with van der Waals surface area (Å²) >= 11 is 1.63. The number of aryl methyl sites for hydroxylation is 3. The van der Waals surface area contributed by atoms with Crippen molar-refractivity contribution in [3.63, 3.8) is 0 Å². The van der Waals surface area contributed by atoms with Crippen molar-refractivity contribution in [3.8, 4) is 0 Å². The quantitative estimate of drug-likeness (QED) is 0.529. The Morgan fingerprint density at radius 2 is 2.14 bits per heavy atom. The Hall–Kier alpha value is -2.73. The molecule has 6 heteroatoms. The zero-order chi connectivity index (χ0) is 19.3. The Morgan fingerprint density at radius 3 is 3.00 bits per heavy atom. The molecule has 0 atom stereocenters. The molecule has 1 aromatic carbocycles. The fourth-order valence-electron chi connectivity index (χ4n) is 4.28. The van der Waals surface area contributed by atoms with Gasteiger partial charge in [-0.1, -0.05) is 25.1 Å². The predicted octanol–water partition coefficient (Wildman–Crippen LogP) is 4.26. The normalized spacial score (nSPS) is 13.9. The Bertz CT molecular complexity index is 1280. The summed E-state index contributed by atoms with van der Waals surface area (Å²) in [5, 5.41) is 1.64. The van der Waals surface area contributed by atoms with Gasteiger partial charge in [0.25, 0.3) is 5.56 Å². The number of benzene rings is 1. The molecule has 3 aromatic heterocycles. The lowest BCUT2D eigenvalue weighted by molar-refractivity contribution is 0.0972. The van der Waals surface area contributed by atoms with Crippen molar-refractivity contribution in [2.75, 3.05) is 0 Å². The van der Waals surface area contributed by atoms with Crippen LogP contribution in [-0.4, -0.2) is 20.3 Å². The molecule has 0 aliphatic heterocycles. The Labute approximate surface area is 166 Å². The van der Waals surface area contributed by atoms with Gasteiger partial charge in [-0.3, -0.25) is 14.2 Å². The van der Waals surface area contributed by atoms with Gasteiger partial charge >= 0.3 is 0 Å². The second-order valence-corrected chi connectivity index (χ2v) is 8.47. The van der Waals surface area contributed by atoms with Crippen molar-refractivity contribution in [2.45, 2.75) is 45.6 Å². The maximum Gasteiger partial charge on any atom is 0.262 e. The van der Waals surface area contributed by atoms with E-state index in [0.29, 0.717) is 5.56 Å². The summed E-state index contributed by atoms with van der Waals surface area (Å²) in [6, 6.07) is 6.00. The highest BCUT2D eigenvalue weighted by atomic mass is 32.1. The third kappa shape index (κ3) is 2.63. The molecule has 1 N–H and O–H groups in total. The van der Waals surface area contributed by atoms with Crippen LogP contribution in [0, 0.1) is 0 Å². The number of ketones is 1. The minimum absolute atomic E-state index is 0.00962. The molecule has 28 heavy (non-hydrogen) atoms. The summed E-state index contributed by atoms with van der Waals surface area (Å²) < 4.78 is 1.47. The van der Waals surface area contributed by atoms with Crippen molar-refractivity contribution in [1.82, 2.24) is 14.5 Å². The number of fused-ring (bicyclic) bond motifs is 4. The second kappa shape index (κ2) is 6.71. The summed E-state index contributed by atoms with van der Waals surface area (Å²) in [7, 11) is 0. The molecule has 0 bridgehead atoms. The van der Waals surface area contributed by atoms with Gasteiger partial charge in [-0.2, -0.15) is 0 Å². The number of thiophene rings is 1. The van der Waals surface area contributed by atoms with E-state index < -0.39 is 0 Å². The first-order chi connectivity index (χ1) is 13.7. The Kier molecular flexibility index (Phi) is 4.16. The van der Waals surface area contributed by atoms with Crippen molar-refractivity contribution >= 4 is 38.2 Å². The van der Waals surface area contributed by atoms with Crippen LogP contribution in [-0.2, 0) is 25.8 Å². The van der Waals surface area contributed by atoms with Crippen molar-refractivity contribution in [2.24, 2.45) is 0 Å².